The minimum absolute atomic E-state index is 0. The molecule has 10 nitrogen and oxygen atoms in total. The van der Waals surface area contributed by atoms with Gasteiger partial charge in [-0.05, 0) is 67.7 Å². The highest BCUT2D eigenvalue weighted by Gasteiger charge is 2.31. The van der Waals surface area contributed by atoms with Crippen molar-refractivity contribution in [3.63, 3.8) is 0 Å². The molecule has 16 heteroatoms. The van der Waals surface area contributed by atoms with Gasteiger partial charge in [-0.3, -0.25) is 9.11 Å². The number of rotatable bonds is 13. The van der Waals surface area contributed by atoms with Crippen LogP contribution in [0.5, 0.6) is 5.88 Å². The fourth-order valence-corrected chi connectivity index (χ4v) is 8.10. The number of halogens is 2. The predicted octanol–water partition coefficient (Wildman–Crippen LogP) is 6.07. The molecule has 1 aromatic heterocycles. The Morgan fingerprint density at radius 1 is 1.12 bits per heavy atom. The van der Waals surface area contributed by atoms with Crippen molar-refractivity contribution in [1.82, 2.24) is 0 Å². The summed E-state index contributed by atoms with van der Waals surface area (Å²) < 4.78 is 70.8. The Labute approximate surface area is 264 Å². The van der Waals surface area contributed by atoms with Gasteiger partial charge in [-0.25, -0.2) is 0 Å². The van der Waals surface area contributed by atoms with Gasteiger partial charge in [0.25, 0.3) is 25.2 Å². The lowest BCUT2D eigenvalue weighted by atomic mass is 10.2. The van der Waals surface area contributed by atoms with Gasteiger partial charge in [0.1, 0.15) is 4.88 Å². The molecule has 0 aliphatic carbocycles. The van der Waals surface area contributed by atoms with Crippen molar-refractivity contribution in [1.29, 1.82) is 0 Å². The minimum Gasteiger partial charge on any atom is -0.870 e. The van der Waals surface area contributed by atoms with Crippen molar-refractivity contribution in [3.8, 4) is 5.88 Å². The zero-order chi connectivity index (χ0) is 29.8. The fraction of sp³-hybridized carbons (Fsp3) is 0.423. The summed E-state index contributed by atoms with van der Waals surface area (Å²) in [6, 6.07) is 5.69. The van der Waals surface area contributed by atoms with Gasteiger partial charge in [-0.2, -0.15) is 21.4 Å². The second-order valence-corrected chi connectivity index (χ2v) is 15.6. The number of benzene rings is 1. The summed E-state index contributed by atoms with van der Waals surface area (Å²) in [5, 5.41) is 2.49. The molecule has 0 spiro atoms. The molecule has 0 amide bonds. The number of hydrogen-bond donors (Lipinski definition) is 2. The standard InChI is InChI=1S/C26H30Cl2N2O7S4.H2O/c1-2-18(15-24-29(11-3-5-13-40(31,32)33)20-17-19(27)7-8-21(20)38-24)16-25-30(12-4-6-14-41(34,35)36)26-22(39-25)9-10-23(28)37-26;/h7-10,15-17,23H,2-6,11-14H2,1H3,(H-,31,32,33,34,35,36);1H2. The zero-order valence-corrected chi connectivity index (χ0v) is 27.4. The molecule has 0 radical (unpaired) electrons. The number of hydrogen-bond acceptors (Lipinski definition) is 9. The van der Waals surface area contributed by atoms with Gasteiger partial charge in [0, 0.05) is 29.0 Å². The Balaban J connectivity index is 0.00000484. The summed E-state index contributed by atoms with van der Waals surface area (Å²) in [6.45, 7) is 3.09. The summed E-state index contributed by atoms with van der Waals surface area (Å²) in [4.78, 5) is 4.06. The van der Waals surface area contributed by atoms with E-state index in [4.69, 9.17) is 37.0 Å². The van der Waals surface area contributed by atoms with Crippen LogP contribution >= 0.6 is 46.3 Å². The van der Waals surface area contributed by atoms with E-state index in [-0.39, 0.29) is 17.0 Å². The Hall–Kier alpha value is -1.62. The summed E-state index contributed by atoms with van der Waals surface area (Å²) in [7, 11) is -8.05. The van der Waals surface area contributed by atoms with E-state index in [2.05, 4.69) is 24.0 Å². The van der Waals surface area contributed by atoms with Gasteiger partial charge in [0.15, 0.2) is 12.1 Å². The molecule has 1 atom stereocenters. The summed E-state index contributed by atoms with van der Waals surface area (Å²) >= 11 is 15.7. The normalized spacial score (nSPS) is 17.6. The average Bonchev–Trinajstić information content (AvgIpc) is 3.39. The van der Waals surface area contributed by atoms with Crippen LogP contribution in [-0.2, 0) is 26.8 Å². The van der Waals surface area contributed by atoms with Crippen molar-refractivity contribution >= 4 is 84.4 Å². The van der Waals surface area contributed by atoms with Crippen molar-refractivity contribution in [2.24, 2.45) is 0 Å². The van der Waals surface area contributed by atoms with Crippen LogP contribution in [0, 0.1) is 0 Å². The molecule has 3 N–H and O–H groups in total. The first-order chi connectivity index (χ1) is 19.3. The number of fused-ring (bicyclic) bond motifs is 2. The van der Waals surface area contributed by atoms with Crippen LogP contribution < -0.4 is 14.2 Å². The monoisotopic (exact) mass is 698 g/mol. The first kappa shape index (κ1) is 34.9. The molecule has 232 valence electrons. The number of aromatic nitrogens is 1. The van der Waals surface area contributed by atoms with Crippen LogP contribution in [0.1, 0.15) is 48.9 Å². The maximum absolute atomic E-state index is 11.2. The van der Waals surface area contributed by atoms with E-state index in [1.807, 2.05) is 28.8 Å². The molecule has 0 fully saturated rings. The molecular weight excluding hydrogens is 667 g/mol. The number of ether oxygens (including phenoxy) is 1. The lowest BCUT2D eigenvalue weighted by molar-refractivity contribution is -0.699. The van der Waals surface area contributed by atoms with Gasteiger partial charge in [0.05, 0.1) is 22.2 Å². The molecule has 2 aliphatic heterocycles. The molecule has 1 aromatic carbocycles. The lowest BCUT2D eigenvalue weighted by Gasteiger charge is -2.21. The predicted molar refractivity (Wildman–Crippen MR) is 168 cm³/mol. The highest BCUT2D eigenvalue weighted by molar-refractivity contribution is 8.03. The third kappa shape index (κ3) is 9.69. The number of unbranched alkanes of at least 4 members (excludes halogenated alkanes) is 2. The smallest absolute Gasteiger partial charge is 0.388 e. The summed E-state index contributed by atoms with van der Waals surface area (Å²) in [5.74, 6) is 0.0251. The first-order valence-electron chi connectivity index (χ1n) is 13.0. The number of nitrogens with zero attached hydrogens (tertiary/aromatic N) is 2. The van der Waals surface area contributed by atoms with E-state index in [1.165, 1.54) is 11.3 Å². The number of thioether (sulfide) groups is 1. The minimum atomic E-state index is -4.03. The van der Waals surface area contributed by atoms with E-state index >= 15 is 0 Å². The highest BCUT2D eigenvalue weighted by atomic mass is 35.5. The topological polar surface area (TPSA) is 155 Å². The molecular formula is C26H32Cl2N2O8S4. The van der Waals surface area contributed by atoms with E-state index in [9.17, 15) is 16.8 Å². The SMILES string of the molecule is CCC(=Cc1sc2c([n+]1CCCCS(=O)(=O)O)OC(Cl)C=C2)C=C1Sc2ccc(Cl)cc2N1CCCCS(=O)(=O)O.[OH-]. The lowest BCUT2D eigenvalue weighted by Crippen LogP contribution is -2.38. The molecule has 0 saturated carbocycles. The highest BCUT2D eigenvalue weighted by Crippen LogP contribution is 2.47. The van der Waals surface area contributed by atoms with Crippen LogP contribution in [-0.4, -0.2) is 55.0 Å². The Bertz CT molecular complexity index is 1590. The first-order valence-corrected chi connectivity index (χ1v) is 18.6. The van der Waals surface area contributed by atoms with Crippen molar-refractivity contribution < 1.29 is 40.7 Å². The molecule has 2 aromatic rings. The summed E-state index contributed by atoms with van der Waals surface area (Å²) in [5.41, 5.74) is 1.37. The van der Waals surface area contributed by atoms with Crippen molar-refractivity contribution in [3.05, 3.63) is 55.9 Å². The fourth-order valence-electron chi connectivity index (χ4n) is 4.38. The van der Waals surface area contributed by atoms with Gasteiger partial charge in [-0.15, -0.1) is 0 Å². The molecule has 0 bridgehead atoms. The molecule has 1 unspecified atom stereocenters. The van der Waals surface area contributed by atoms with Gasteiger partial charge in [0.2, 0.25) is 0 Å². The second-order valence-electron chi connectivity index (χ2n) is 9.50. The zero-order valence-electron chi connectivity index (χ0n) is 22.6. The van der Waals surface area contributed by atoms with Crippen LogP contribution in [0.15, 0.2) is 45.8 Å². The maximum atomic E-state index is 11.2. The third-order valence-corrected chi connectivity index (χ3v) is 10.6. The number of alkyl halides is 1. The third-order valence-electron chi connectivity index (χ3n) is 6.35. The van der Waals surface area contributed by atoms with E-state index in [1.54, 1.807) is 17.8 Å². The van der Waals surface area contributed by atoms with Gasteiger partial charge in [-0.1, -0.05) is 53.2 Å². The second kappa shape index (κ2) is 14.9. The van der Waals surface area contributed by atoms with Gasteiger partial charge < -0.3 is 15.1 Å². The molecule has 42 heavy (non-hydrogen) atoms. The Kier molecular flexibility index (Phi) is 12.4. The van der Waals surface area contributed by atoms with Crippen LogP contribution in [0.2, 0.25) is 5.02 Å². The van der Waals surface area contributed by atoms with Crippen molar-refractivity contribution in [2.75, 3.05) is 23.0 Å². The summed E-state index contributed by atoms with van der Waals surface area (Å²) in [6.07, 6.45) is 10.3. The van der Waals surface area contributed by atoms with Crippen LogP contribution in [0.4, 0.5) is 5.69 Å². The van der Waals surface area contributed by atoms with Crippen molar-refractivity contribution in [2.45, 2.75) is 56.0 Å². The quantitative estimate of drug-likeness (QED) is 0.109. The molecule has 2 aliphatic rings. The molecule has 4 rings (SSSR count). The van der Waals surface area contributed by atoms with E-state index < -0.39 is 25.8 Å². The molecule has 0 saturated heterocycles. The number of allylic oxidation sites excluding steroid dienone is 2. The van der Waals surface area contributed by atoms with E-state index in [0.717, 1.165) is 37.5 Å². The average molecular weight is 700 g/mol. The Morgan fingerprint density at radius 2 is 1.81 bits per heavy atom. The van der Waals surface area contributed by atoms with E-state index in [0.29, 0.717) is 49.7 Å². The largest absolute Gasteiger partial charge is 0.870 e. The number of anilines is 1. The van der Waals surface area contributed by atoms with Gasteiger partial charge >= 0.3 is 5.88 Å². The Morgan fingerprint density at radius 3 is 2.48 bits per heavy atom. The molecule has 3 heterocycles. The maximum Gasteiger partial charge on any atom is 0.388 e. The number of thiazole rings is 1. The van der Waals surface area contributed by atoms with Crippen LogP contribution in [0.3, 0.4) is 0 Å². The van der Waals surface area contributed by atoms with Crippen LogP contribution in [0.25, 0.3) is 12.2 Å².